The molecule has 0 bridgehead atoms. The highest BCUT2D eigenvalue weighted by molar-refractivity contribution is 6.00. The number of amides is 2. The van der Waals surface area contributed by atoms with Crippen molar-refractivity contribution in [2.45, 2.75) is 32.3 Å². The molecule has 7 nitrogen and oxygen atoms in total. The molecule has 134 valence electrons. The molecule has 2 aliphatic heterocycles. The monoisotopic (exact) mass is 346 g/mol. The van der Waals surface area contributed by atoms with Gasteiger partial charge in [0.2, 0.25) is 5.91 Å². The normalized spacial score (nSPS) is 23.0. The number of ether oxygens (including phenoxy) is 1. The first kappa shape index (κ1) is 17.3. The van der Waals surface area contributed by atoms with Crippen LogP contribution in [0.1, 0.15) is 26.2 Å². The first-order valence-electron chi connectivity index (χ1n) is 8.55. The van der Waals surface area contributed by atoms with E-state index in [9.17, 15) is 14.4 Å². The van der Waals surface area contributed by atoms with E-state index in [0.717, 1.165) is 0 Å². The second-order valence-corrected chi connectivity index (χ2v) is 6.48. The van der Waals surface area contributed by atoms with Crippen molar-refractivity contribution in [1.29, 1.82) is 0 Å². The zero-order valence-electron chi connectivity index (χ0n) is 14.2. The Hall–Kier alpha value is -2.57. The molecule has 2 amide bonds. The Kier molecular flexibility index (Phi) is 4.92. The quantitative estimate of drug-likeness (QED) is 0.893. The molecule has 1 fully saturated rings. The van der Waals surface area contributed by atoms with Gasteiger partial charge in [-0.3, -0.25) is 14.4 Å². The molecule has 0 saturated carbocycles. The Morgan fingerprint density at radius 3 is 2.84 bits per heavy atom. The van der Waals surface area contributed by atoms with Gasteiger partial charge in [0.25, 0.3) is 5.91 Å². The minimum Gasteiger partial charge on any atom is -0.481 e. The molecular formula is C18H22N2O5. The van der Waals surface area contributed by atoms with Crippen LogP contribution >= 0.6 is 0 Å². The molecule has 1 aromatic carbocycles. The summed E-state index contributed by atoms with van der Waals surface area (Å²) in [6.45, 7) is 2.77. The molecule has 1 aromatic rings. The van der Waals surface area contributed by atoms with Crippen LogP contribution in [0.15, 0.2) is 24.3 Å². The summed E-state index contributed by atoms with van der Waals surface area (Å²) in [5, 5.41) is 9.14. The van der Waals surface area contributed by atoms with Gasteiger partial charge in [-0.1, -0.05) is 12.1 Å². The lowest BCUT2D eigenvalue weighted by molar-refractivity contribution is -0.145. The van der Waals surface area contributed by atoms with Crippen LogP contribution < -0.4 is 9.64 Å². The van der Waals surface area contributed by atoms with Gasteiger partial charge in [-0.15, -0.1) is 0 Å². The number of para-hydroxylation sites is 2. The van der Waals surface area contributed by atoms with E-state index in [-0.39, 0.29) is 31.3 Å². The molecule has 0 aromatic heterocycles. The van der Waals surface area contributed by atoms with Gasteiger partial charge in [0, 0.05) is 26.1 Å². The van der Waals surface area contributed by atoms with Crippen molar-refractivity contribution < 1.29 is 24.2 Å². The van der Waals surface area contributed by atoms with E-state index < -0.39 is 18.0 Å². The Balaban J connectivity index is 1.65. The van der Waals surface area contributed by atoms with Gasteiger partial charge in [0.15, 0.2) is 6.10 Å². The maximum atomic E-state index is 12.5. The van der Waals surface area contributed by atoms with Gasteiger partial charge in [0.1, 0.15) is 5.75 Å². The number of rotatable bonds is 4. The molecular weight excluding hydrogens is 324 g/mol. The number of carboxylic acids is 1. The molecule has 7 heteroatoms. The average molecular weight is 346 g/mol. The van der Waals surface area contributed by atoms with E-state index in [4.69, 9.17) is 9.84 Å². The maximum Gasteiger partial charge on any atom is 0.308 e. The highest BCUT2D eigenvalue weighted by atomic mass is 16.5. The number of hydrogen-bond donors (Lipinski definition) is 1. The Morgan fingerprint density at radius 2 is 2.08 bits per heavy atom. The molecule has 2 atom stereocenters. The van der Waals surface area contributed by atoms with Crippen LogP contribution in [0.5, 0.6) is 5.75 Å². The lowest BCUT2D eigenvalue weighted by Gasteiger charge is -2.34. The van der Waals surface area contributed by atoms with Crippen LogP contribution in [-0.2, 0) is 14.4 Å². The lowest BCUT2D eigenvalue weighted by Crippen LogP contribution is -2.47. The van der Waals surface area contributed by atoms with Gasteiger partial charge in [-0.2, -0.15) is 0 Å². The minimum absolute atomic E-state index is 0.115. The standard InChI is InChI=1S/C18H22N2O5/c1-12-17(22)20(14-6-2-3-7-15(14)25-12)10-8-16(21)19-9-4-5-13(11-19)18(23)24/h2-3,6-7,12-13H,4-5,8-11H2,1H3,(H,23,24). The van der Waals surface area contributed by atoms with Gasteiger partial charge in [-0.25, -0.2) is 0 Å². The van der Waals surface area contributed by atoms with E-state index in [1.54, 1.807) is 28.9 Å². The summed E-state index contributed by atoms with van der Waals surface area (Å²) in [6, 6.07) is 7.26. The van der Waals surface area contributed by atoms with Crippen molar-refractivity contribution in [3.8, 4) is 5.75 Å². The fourth-order valence-corrected chi connectivity index (χ4v) is 3.36. The highest BCUT2D eigenvalue weighted by Gasteiger charge is 2.33. The van der Waals surface area contributed by atoms with Crippen LogP contribution in [0, 0.1) is 5.92 Å². The van der Waals surface area contributed by atoms with E-state index in [1.165, 1.54) is 0 Å². The number of anilines is 1. The van der Waals surface area contributed by atoms with Crippen LogP contribution in [0.25, 0.3) is 0 Å². The summed E-state index contributed by atoms with van der Waals surface area (Å²) in [7, 11) is 0. The Labute approximate surface area is 146 Å². The SMILES string of the molecule is CC1Oc2ccccc2N(CCC(=O)N2CCCC(C(=O)O)C2)C1=O. The predicted octanol–water partition coefficient (Wildman–Crippen LogP) is 1.51. The summed E-state index contributed by atoms with van der Waals surface area (Å²) in [4.78, 5) is 39.2. The molecule has 1 saturated heterocycles. The van der Waals surface area contributed by atoms with Crippen LogP contribution in [-0.4, -0.2) is 53.5 Å². The molecule has 25 heavy (non-hydrogen) atoms. The molecule has 2 heterocycles. The number of nitrogens with zero attached hydrogens (tertiary/aromatic N) is 2. The van der Waals surface area contributed by atoms with Crippen LogP contribution in [0.2, 0.25) is 0 Å². The molecule has 0 aliphatic carbocycles. The number of likely N-dealkylation sites (tertiary alicyclic amines) is 1. The van der Waals surface area contributed by atoms with Gasteiger partial charge in [-0.05, 0) is 31.9 Å². The van der Waals surface area contributed by atoms with E-state index >= 15 is 0 Å². The summed E-state index contributed by atoms with van der Waals surface area (Å²) in [5.74, 6) is -1.01. The fourth-order valence-electron chi connectivity index (χ4n) is 3.36. The summed E-state index contributed by atoms with van der Waals surface area (Å²) in [5.41, 5.74) is 0.667. The van der Waals surface area contributed by atoms with Crippen LogP contribution in [0.4, 0.5) is 5.69 Å². The highest BCUT2D eigenvalue weighted by Crippen LogP contribution is 2.33. The molecule has 0 spiro atoms. The van der Waals surface area contributed by atoms with Crippen molar-refractivity contribution in [1.82, 2.24) is 4.90 Å². The first-order chi connectivity index (χ1) is 12.0. The largest absolute Gasteiger partial charge is 0.481 e. The number of piperidine rings is 1. The van der Waals surface area contributed by atoms with Crippen LogP contribution in [0.3, 0.4) is 0 Å². The second-order valence-electron chi connectivity index (χ2n) is 6.48. The Morgan fingerprint density at radius 1 is 1.32 bits per heavy atom. The molecule has 3 rings (SSSR count). The smallest absolute Gasteiger partial charge is 0.308 e. The zero-order valence-corrected chi connectivity index (χ0v) is 14.2. The number of hydrogen-bond acceptors (Lipinski definition) is 4. The summed E-state index contributed by atoms with van der Waals surface area (Å²) in [6.07, 6.45) is 0.876. The molecule has 2 unspecified atom stereocenters. The van der Waals surface area contributed by atoms with Crippen molar-refractivity contribution in [3.05, 3.63) is 24.3 Å². The van der Waals surface area contributed by atoms with Gasteiger partial charge < -0.3 is 19.6 Å². The molecule has 1 N–H and O–H groups in total. The predicted molar refractivity (Wildman–Crippen MR) is 90.4 cm³/mol. The number of fused-ring (bicyclic) bond motifs is 1. The van der Waals surface area contributed by atoms with Crippen molar-refractivity contribution in [3.63, 3.8) is 0 Å². The first-order valence-corrected chi connectivity index (χ1v) is 8.55. The lowest BCUT2D eigenvalue weighted by atomic mass is 9.98. The molecule has 2 aliphatic rings. The number of carbonyl (C=O) groups excluding carboxylic acids is 2. The minimum atomic E-state index is -0.858. The third-order valence-electron chi connectivity index (χ3n) is 4.75. The fraction of sp³-hybridized carbons (Fsp3) is 0.500. The van der Waals surface area contributed by atoms with Crippen molar-refractivity contribution in [2.24, 2.45) is 5.92 Å². The third kappa shape index (κ3) is 3.60. The van der Waals surface area contributed by atoms with Crippen molar-refractivity contribution >= 4 is 23.5 Å². The maximum absolute atomic E-state index is 12.5. The van der Waals surface area contributed by atoms with E-state index in [0.29, 0.717) is 30.8 Å². The number of aliphatic carboxylic acids is 1. The number of carbonyl (C=O) groups is 3. The van der Waals surface area contributed by atoms with E-state index in [2.05, 4.69) is 0 Å². The Bertz CT molecular complexity index is 690. The average Bonchev–Trinajstić information content (AvgIpc) is 2.62. The topological polar surface area (TPSA) is 87.2 Å². The van der Waals surface area contributed by atoms with E-state index in [1.807, 2.05) is 12.1 Å². The number of benzene rings is 1. The second kappa shape index (κ2) is 7.13. The van der Waals surface area contributed by atoms with Gasteiger partial charge >= 0.3 is 5.97 Å². The molecule has 0 radical (unpaired) electrons. The van der Waals surface area contributed by atoms with Crippen molar-refractivity contribution in [2.75, 3.05) is 24.5 Å². The third-order valence-corrected chi connectivity index (χ3v) is 4.75. The van der Waals surface area contributed by atoms with Gasteiger partial charge in [0.05, 0.1) is 11.6 Å². The summed E-state index contributed by atoms with van der Waals surface area (Å²) >= 11 is 0. The number of carboxylic acid groups (broad SMARTS) is 1. The summed E-state index contributed by atoms with van der Waals surface area (Å²) < 4.78 is 5.59. The zero-order chi connectivity index (χ0) is 18.0.